The van der Waals surface area contributed by atoms with Crippen LogP contribution in [0.3, 0.4) is 0 Å². The fraction of sp³-hybridized carbons (Fsp3) is 0.417. The van der Waals surface area contributed by atoms with Gasteiger partial charge >= 0.3 is 0 Å². The summed E-state index contributed by atoms with van der Waals surface area (Å²) < 4.78 is 5.19. The smallest absolute Gasteiger partial charge is 0.242 e. The highest BCUT2D eigenvalue weighted by molar-refractivity contribution is 5.88. The van der Waals surface area contributed by atoms with Gasteiger partial charge in [-0.25, -0.2) is 0 Å². The molecule has 1 unspecified atom stereocenters. The number of rotatable bonds is 10. The third-order valence-electron chi connectivity index (χ3n) is 4.92. The maximum absolute atomic E-state index is 13.2. The fourth-order valence-electron chi connectivity index (χ4n) is 3.20. The van der Waals surface area contributed by atoms with Gasteiger partial charge in [0.2, 0.25) is 11.8 Å². The van der Waals surface area contributed by atoms with Crippen molar-refractivity contribution in [3.63, 3.8) is 0 Å². The molecule has 0 spiro atoms. The van der Waals surface area contributed by atoms with Gasteiger partial charge in [-0.2, -0.15) is 0 Å². The van der Waals surface area contributed by atoms with Crippen LogP contribution < -0.4 is 10.1 Å². The molecule has 0 aliphatic rings. The Bertz CT molecular complexity index is 785. The van der Waals surface area contributed by atoms with Crippen LogP contribution >= 0.6 is 0 Å². The zero-order valence-corrected chi connectivity index (χ0v) is 17.9. The Labute approximate surface area is 174 Å². The van der Waals surface area contributed by atoms with Crippen molar-refractivity contribution in [1.29, 1.82) is 0 Å². The summed E-state index contributed by atoms with van der Waals surface area (Å²) in [7, 11) is 1.62. The number of carbonyl (C=O) groups is 2. The molecule has 2 rings (SSSR count). The van der Waals surface area contributed by atoms with Crippen LogP contribution in [0.5, 0.6) is 5.75 Å². The van der Waals surface area contributed by atoms with Crippen LogP contribution in [0, 0.1) is 6.92 Å². The molecule has 156 valence electrons. The Morgan fingerprint density at radius 3 is 2.17 bits per heavy atom. The van der Waals surface area contributed by atoms with Crippen LogP contribution in [0.1, 0.15) is 43.4 Å². The Balaban J connectivity index is 2.23. The second-order valence-corrected chi connectivity index (χ2v) is 7.25. The van der Waals surface area contributed by atoms with Crippen molar-refractivity contribution in [1.82, 2.24) is 10.2 Å². The van der Waals surface area contributed by atoms with Gasteiger partial charge in [-0.05, 0) is 43.0 Å². The van der Waals surface area contributed by atoms with Crippen molar-refractivity contribution >= 4 is 11.8 Å². The number of ether oxygens (including phenoxy) is 1. The number of amides is 2. The summed E-state index contributed by atoms with van der Waals surface area (Å²) >= 11 is 0. The van der Waals surface area contributed by atoms with Crippen LogP contribution in [-0.2, 0) is 22.6 Å². The van der Waals surface area contributed by atoms with Gasteiger partial charge in [0.05, 0.1) is 13.5 Å². The lowest BCUT2D eigenvalue weighted by Crippen LogP contribution is -2.49. The van der Waals surface area contributed by atoms with E-state index in [0.29, 0.717) is 19.5 Å². The van der Waals surface area contributed by atoms with E-state index in [1.165, 1.54) is 0 Å². The molecule has 2 aromatic rings. The van der Waals surface area contributed by atoms with Gasteiger partial charge in [-0.15, -0.1) is 0 Å². The highest BCUT2D eigenvalue weighted by Gasteiger charge is 2.28. The van der Waals surface area contributed by atoms with Crippen LogP contribution in [0.25, 0.3) is 0 Å². The van der Waals surface area contributed by atoms with Crippen molar-refractivity contribution in [3.8, 4) is 5.75 Å². The van der Waals surface area contributed by atoms with E-state index >= 15 is 0 Å². The standard InChI is InChI=1S/C24H32N2O3/c1-5-15-25-24(28)22(6-2)26(17-20-9-7-18(3)8-10-20)23(27)16-19-11-13-21(29-4)14-12-19/h7-14,22H,5-6,15-17H2,1-4H3,(H,25,28). The minimum Gasteiger partial charge on any atom is -0.497 e. The van der Waals surface area contributed by atoms with Gasteiger partial charge in [0.25, 0.3) is 0 Å². The lowest BCUT2D eigenvalue weighted by molar-refractivity contribution is -0.140. The van der Waals surface area contributed by atoms with E-state index < -0.39 is 6.04 Å². The second-order valence-electron chi connectivity index (χ2n) is 7.25. The maximum atomic E-state index is 13.2. The summed E-state index contributed by atoms with van der Waals surface area (Å²) in [5.41, 5.74) is 3.08. The molecule has 0 bridgehead atoms. The van der Waals surface area contributed by atoms with Crippen molar-refractivity contribution in [2.24, 2.45) is 0 Å². The van der Waals surface area contributed by atoms with Crippen molar-refractivity contribution in [2.75, 3.05) is 13.7 Å². The Morgan fingerprint density at radius 2 is 1.62 bits per heavy atom. The van der Waals surface area contributed by atoms with E-state index in [9.17, 15) is 9.59 Å². The van der Waals surface area contributed by atoms with Gasteiger partial charge in [-0.1, -0.05) is 55.8 Å². The van der Waals surface area contributed by atoms with Gasteiger partial charge in [-0.3, -0.25) is 9.59 Å². The fourth-order valence-corrected chi connectivity index (χ4v) is 3.20. The molecule has 0 radical (unpaired) electrons. The summed E-state index contributed by atoms with van der Waals surface area (Å²) in [5, 5.41) is 2.94. The highest BCUT2D eigenvalue weighted by Crippen LogP contribution is 2.17. The number of aryl methyl sites for hydroxylation is 1. The van der Waals surface area contributed by atoms with Crippen LogP contribution in [-0.4, -0.2) is 36.4 Å². The van der Waals surface area contributed by atoms with Crippen LogP contribution in [0.4, 0.5) is 0 Å². The molecule has 5 nitrogen and oxygen atoms in total. The number of methoxy groups -OCH3 is 1. The normalized spacial score (nSPS) is 11.6. The van der Waals surface area contributed by atoms with E-state index in [-0.39, 0.29) is 18.2 Å². The van der Waals surface area contributed by atoms with E-state index in [0.717, 1.165) is 28.9 Å². The van der Waals surface area contributed by atoms with E-state index in [4.69, 9.17) is 4.74 Å². The number of hydrogen-bond donors (Lipinski definition) is 1. The minimum atomic E-state index is -0.492. The molecule has 2 amide bonds. The number of benzene rings is 2. The molecule has 0 heterocycles. The number of hydrogen-bond acceptors (Lipinski definition) is 3. The minimum absolute atomic E-state index is 0.0609. The lowest BCUT2D eigenvalue weighted by atomic mass is 10.1. The molecule has 0 saturated carbocycles. The first-order valence-corrected chi connectivity index (χ1v) is 10.2. The third kappa shape index (κ3) is 6.63. The van der Waals surface area contributed by atoms with E-state index in [2.05, 4.69) is 5.32 Å². The monoisotopic (exact) mass is 396 g/mol. The van der Waals surface area contributed by atoms with E-state index in [1.807, 2.05) is 69.3 Å². The Hall–Kier alpha value is -2.82. The summed E-state index contributed by atoms with van der Waals surface area (Å²) in [6.45, 7) is 7.01. The molecule has 1 N–H and O–H groups in total. The van der Waals surface area contributed by atoms with Crippen LogP contribution in [0.2, 0.25) is 0 Å². The van der Waals surface area contributed by atoms with Crippen LogP contribution in [0.15, 0.2) is 48.5 Å². The SMILES string of the molecule is CCCNC(=O)C(CC)N(Cc1ccc(C)cc1)C(=O)Cc1ccc(OC)cc1. The van der Waals surface area contributed by atoms with Gasteiger partial charge in [0.1, 0.15) is 11.8 Å². The second kappa shape index (κ2) is 11.2. The van der Waals surface area contributed by atoms with Crippen molar-refractivity contribution in [2.45, 2.75) is 52.6 Å². The third-order valence-corrected chi connectivity index (χ3v) is 4.92. The van der Waals surface area contributed by atoms with Gasteiger partial charge in [0, 0.05) is 13.1 Å². The first kappa shape index (κ1) is 22.5. The summed E-state index contributed by atoms with van der Waals surface area (Å²) in [6, 6.07) is 15.1. The first-order chi connectivity index (χ1) is 14.0. The van der Waals surface area contributed by atoms with Crippen molar-refractivity contribution in [3.05, 3.63) is 65.2 Å². The topological polar surface area (TPSA) is 58.6 Å². The molecular formula is C24H32N2O3. The average molecular weight is 397 g/mol. The molecule has 0 aliphatic carbocycles. The molecule has 0 aromatic heterocycles. The highest BCUT2D eigenvalue weighted by atomic mass is 16.5. The molecule has 0 saturated heterocycles. The Morgan fingerprint density at radius 1 is 1.00 bits per heavy atom. The zero-order chi connectivity index (χ0) is 21.2. The predicted octanol–water partition coefficient (Wildman–Crippen LogP) is 3.88. The maximum Gasteiger partial charge on any atom is 0.242 e. The molecule has 0 aliphatic heterocycles. The summed E-state index contributed by atoms with van der Waals surface area (Å²) in [4.78, 5) is 27.7. The van der Waals surface area contributed by atoms with Gasteiger partial charge < -0.3 is 15.0 Å². The largest absolute Gasteiger partial charge is 0.497 e. The molecular weight excluding hydrogens is 364 g/mol. The summed E-state index contributed by atoms with van der Waals surface area (Å²) in [5.74, 6) is 0.599. The molecule has 1 atom stereocenters. The first-order valence-electron chi connectivity index (χ1n) is 10.2. The molecule has 5 heteroatoms. The quantitative estimate of drug-likeness (QED) is 0.663. The lowest BCUT2D eigenvalue weighted by Gasteiger charge is -2.31. The van der Waals surface area contributed by atoms with E-state index in [1.54, 1.807) is 12.0 Å². The zero-order valence-electron chi connectivity index (χ0n) is 17.9. The molecule has 29 heavy (non-hydrogen) atoms. The number of carbonyl (C=O) groups excluding carboxylic acids is 2. The molecule has 2 aromatic carbocycles. The number of nitrogens with zero attached hydrogens (tertiary/aromatic N) is 1. The summed E-state index contributed by atoms with van der Waals surface area (Å²) in [6.07, 6.45) is 1.67. The average Bonchev–Trinajstić information content (AvgIpc) is 2.74. The number of nitrogens with one attached hydrogen (secondary N) is 1. The molecule has 0 fully saturated rings. The predicted molar refractivity (Wildman–Crippen MR) is 116 cm³/mol. The van der Waals surface area contributed by atoms with Crippen molar-refractivity contribution < 1.29 is 14.3 Å². The van der Waals surface area contributed by atoms with Gasteiger partial charge in [0.15, 0.2) is 0 Å². The Kier molecular flexibility index (Phi) is 8.71.